The highest BCUT2D eigenvalue weighted by molar-refractivity contribution is 9.10. The first kappa shape index (κ1) is 16.1. The maximum Gasteiger partial charge on any atom is 0.126 e. The predicted molar refractivity (Wildman–Crippen MR) is 80.4 cm³/mol. The van der Waals surface area contributed by atoms with Crippen LogP contribution in [0.5, 0.6) is 0 Å². The van der Waals surface area contributed by atoms with Gasteiger partial charge in [0.2, 0.25) is 0 Å². The molecule has 0 aliphatic heterocycles. The van der Waals surface area contributed by atoms with E-state index in [0.717, 1.165) is 28.3 Å². The van der Waals surface area contributed by atoms with E-state index in [1.54, 1.807) is 4.68 Å². The summed E-state index contributed by atoms with van der Waals surface area (Å²) in [6.45, 7) is 2.01. The van der Waals surface area contributed by atoms with Crippen molar-refractivity contribution in [2.24, 2.45) is 12.9 Å². The van der Waals surface area contributed by atoms with Crippen LogP contribution < -0.4 is 11.3 Å². The Morgan fingerprint density at radius 2 is 1.95 bits per heavy atom. The smallest absolute Gasteiger partial charge is 0.126 e. The summed E-state index contributed by atoms with van der Waals surface area (Å²) in [5.74, 6) is 4.31. The molecule has 0 fully saturated rings. The van der Waals surface area contributed by atoms with E-state index in [9.17, 15) is 8.78 Å². The largest absolute Gasteiger partial charge is 0.271 e. The molecule has 1 aromatic heterocycles. The van der Waals surface area contributed by atoms with Gasteiger partial charge in [-0.15, -0.1) is 0 Å². The molecule has 21 heavy (non-hydrogen) atoms. The number of hydrogen-bond acceptors (Lipinski definition) is 3. The number of benzene rings is 1. The molecule has 0 radical (unpaired) electrons. The van der Waals surface area contributed by atoms with Crippen LogP contribution in [0.3, 0.4) is 0 Å². The van der Waals surface area contributed by atoms with E-state index in [-0.39, 0.29) is 0 Å². The topological polar surface area (TPSA) is 55.9 Å². The van der Waals surface area contributed by atoms with E-state index < -0.39 is 17.7 Å². The van der Waals surface area contributed by atoms with E-state index in [0.29, 0.717) is 12.0 Å². The van der Waals surface area contributed by atoms with Gasteiger partial charge in [0.05, 0.1) is 21.9 Å². The van der Waals surface area contributed by atoms with E-state index in [1.165, 1.54) is 12.1 Å². The highest BCUT2D eigenvalue weighted by Crippen LogP contribution is 2.27. The molecule has 1 aromatic carbocycles. The first-order chi connectivity index (χ1) is 9.96. The van der Waals surface area contributed by atoms with Crippen LogP contribution in [-0.2, 0) is 19.9 Å². The molecule has 0 aliphatic carbocycles. The van der Waals surface area contributed by atoms with Crippen LogP contribution in [0.15, 0.2) is 22.7 Å². The Balaban J connectivity index is 2.33. The van der Waals surface area contributed by atoms with Crippen molar-refractivity contribution in [1.29, 1.82) is 0 Å². The van der Waals surface area contributed by atoms with Gasteiger partial charge in [0.15, 0.2) is 0 Å². The van der Waals surface area contributed by atoms with Crippen molar-refractivity contribution in [2.75, 3.05) is 0 Å². The minimum absolute atomic E-state index is 0.411. The molecule has 0 bridgehead atoms. The first-order valence-electron chi connectivity index (χ1n) is 6.58. The Kier molecular flexibility index (Phi) is 5.08. The monoisotopic (exact) mass is 358 g/mol. The van der Waals surface area contributed by atoms with Crippen LogP contribution in [0.25, 0.3) is 0 Å². The van der Waals surface area contributed by atoms with E-state index in [4.69, 9.17) is 5.84 Å². The lowest BCUT2D eigenvalue weighted by Crippen LogP contribution is -2.30. The summed E-state index contributed by atoms with van der Waals surface area (Å²) in [7, 11) is 1.83. The van der Waals surface area contributed by atoms with Crippen LogP contribution in [-0.4, -0.2) is 9.78 Å². The van der Waals surface area contributed by atoms with Gasteiger partial charge in [-0.05, 0) is 40.0 Å². The minimum atomic E-state index is -0.622. The van der Waals surface area contributed by atoms with Gasteiger partial charge in [-0.1, -0.05) is 6.92 Å². The third kappa shape index (κ3) is 3.48. The molecule has 2 aromatic rings. The molecule has 114 valence electrons. The molecule has 1 atom stereocenters. The number of nitrogens with one attached hydrogen (secondary N) is 1. The maximum atomic E-state index is 13.3. The van der Waals surface area contributed by atoms with Gasteiger partial charge in [-0.3, -0.25) is 16.0 Å². The lowest BCUT2D eigenvalue weighted by Gasteiger charge is -2.17. The van der Waals surface area contributed by atoms with Crippen LogP contribution in [0.4, 0.5) is 8.78 Å². The zero-order valence-corrected chi connectivity index (χ0v) is 13.4. The van der Waals surface area contributed by atoms with E-state index >= 15 is 0 Å². The number of halogens is 3. The lowest BCUT2D eigenvalue weighted by molar-refractivity contribution is 0.515. The van der Waals surface area contributed by atoms with Crippen molar-refractivity contribution in [1.82, 2.24) is 15.2 Å². The highest BCUT2D eigenvalue weighted by atomic mass is 79.9. The zero-order chi connectivity index (χ0) is 15.6. The normalized spacial score (nSPS) is 12.7. The van der Waals surface area contributed by atoms with Gasteiger partial charge < -0.3 is 0 Å². The molecule has 3 N–H and O–H groups in total. The van der Waals surface area contributed by atoms with Crippen LogP contribution in [0.2, 0.25) is 0 Å². The van der Waals surface area contributed by atoms with E-state index in [2.05, 4.69) is 26.5 Å². The van der Waals surface area contributed by atoms with Gasteiger partial charge in [0.1, 0.15) is 11.6 Å². The Bertz CT molecular complexity index is 622. The molecule has 0 amide bonds. The van der Waals surface area contributed by atoms with Crippen molar-refractivity contribution < 1.29 is 8.78 Å². The molecule has 0 spiro atoms. The number of nitrogens with zero attached hydrogens (tertiary/aromatic N) is 2. The fraction of sp³-hybridized carbons (Fsp3) is 0.357. The van der Waals surface area contributed by atoms with E-state index in [1.807, 2.05) is 14.0 Å². The summed E-state index contributed by atoms with van der Waals surface area (Å²) in [6, 6.07) is 2.98. The third-order valence-corrected chi connectivity index (χ3v) is 4.30. The summed E-state index contributed by atoms with van der Waals surface area (Å²) in [5.41, 5.74) is 4.92. The molecule has 0 saturated carbocycles. The van der Waals surface area contributed by atoms with Crippen molar-refractivity contribution in [3.8, 4) is 0 Å². The number of aromatic nitrogens is 2. The molecule has 7 heteroatoms. The summed E-state index contributed by atoms with van der Waals surface area (Å²) in [5, 5.41) is 4.40. The summed E-state index contributed by atoms with van der Waals surface area (Å²) < 4.78 is 29.4. The quantitative estimate of drug-likeness (QED) is 0.638. The maximum absolute atomic E-state index is 13.3. The van der Waals surface area contributed by atoms with Crippen molar-refractivity contribution in [2.45, 2.75) is 25.8 Å². The zero-order valence-electron chi connectivity index (χ0n) is 11.8. The number of aryl methyl sites for hydroxylation is 2. The Morgan fingerprint density at radius 3 is 2.43 bits per heavy atom. The SMILES string of the molecule is CCc1nn(C)c(CC(NN)c2cc(F)cc(F)c2)c1Br. The number of rotatable bonds is 5. The third-order valence-electron chi connectivity index (χ3n) is 3.39. The summed E-state index contributed by atoms with van der Waals surface area (Å²) in [4.78, 5) is 0. The average molecular weight is 359 g/mol. The molecule has 1 heterocycles. The fourth-order valence-corrected chi connectivity index (χ4v) is 3.06. The molecular formula is C14H17BrF2N4. The van der Waals surface area contributed by atoms with Gasteiger partial charge in [0.25, 0.3) is 0 Å². The van der Waals surface area contributed by atoms with Crippen molar-refractivity contribution >= 4 is 15.9 Å². The Labute approximate surface area is 130 Å². The second kappa shape index (κ2) is 6.64. The number of hydrazine groups is 1. The summed E-state index contributed by atoms with van der Waals surface area (Å²) >= 11 is 3.52. The molecule has 0 saturated heterocycles. The second-order valence-electron chi connectivity index (χ2n) is 4.81. The van der Waals surface area contributed by atoms with Crippen LogP contribution in [0.1, 0.15) is 29.9 Å². The Morgan fingerprint density at radius 1 is 1.33 bits per heavy atom. The molecule has 1 unspecified atom stereocenters. The number of hydrogen-bond donors (Lipinski definition) is 2. The first-order valence-corrected chi connectivity index (χ1v) is 7.37. The highest BCUT2D eigenvalue weighted by Gasteiger charge is 2.19. The fourth-order valence-electron chi connectivity index (χ4n) is 2.28. The van der Waals surface area contributed by atoms with Gasteiger partial charge in [0, 0.05) is 19.5 Å². The molecule has 2 rings (SSSR count). The summed E-state index contributed by atoms with van der Waals surface area (Å²) in [6.07, 6.45) is 1.26. The standard InChI is InChI=1S/C14H17BrF2N4/c1-3-11-14(15)13(21(2)20-11)7-12(19-18)8-4-9(16)6-10(17)5-8/h4-6,12,19H,3,7,18H2,1-2H3. The molecular weight excluding hydrogens is 342 g/mol. The van der Waals surface area contributed by atoms with Crippen LogP contribution >= 0.6 is 15.9 Å². The average Bonchev–Trinajstić information content (AvgIpc) is 2.70. The van der Waals surface area contributed by atoms with Crippen LogP contribution in [0, 0.1) is 11.6 Å². The Hall–Kier alpha value is -1.31. The molecule has 0 aliphatic rings. The minimum Gasteiger partial charge on any atom is -0.271 e. The van der Waals surface area contributed by atoms with Gasteiger partial charge in [-0.25, -0.2) is 8.78 Å². The van der Waals surface area contributed by atoms with Crippen molar-refractivity contribution in [3.63, 3.8) is 0 Å². The number of nitrogens with two attached hydrogens (primary N) is 1. The predicted octanol–water partition coefficient (Wildman–Crippen LogP) is 2.77. The second-order valence-corrected chi connectivity index (χ2v) is 5.60. The molecule has 4 nitrogen and oxygen atoms in total. The van der Waals surface area contributed by atoms with Gasteiger partial charge in [-0.2, -0.15) is 5.10 Å². The van der Waals surface area contributed by atoms with Gasteiger partial charge >= 0.3 is 0 Å². The lowest BCUT2D eigenvalue weighted by atomic mass is 10.0. The van der Waals surface area contributed by atoms with Crippen molar-refractivity contribution in [3.05, 3.63) is 51.3 Å².